The molecule has 0 radical (unpaired) electrons. The van der Waals surface area contributed by atoms with E-state index in [0.29, 0.717) is 25.5 Å². The van der Waals surface area contributed by atoms with E-state index in [1.54, 1.807) is 0 Å². The third kappa shape index (κ3) is 5.19. The van der Waals surface area contributed by atoms with Crippen molar-refractivity contribution in [2.45, 2.75) is 98.3 Å². The van der Waals surface area contributed by atoms with Crippen molar-refractivity contribution in [2.24, 2.45) is 0 Å². The lowest BCUT2D eigenvalue weighted by molar-refractivity contribution is 0.0742. The van der Waals surface area contributed by atoms with Crippen molar-refractivity contribution in [3.63, 3.8) is 0 Å². The average molecular weight is 426 g/mol. The number of rotatable bonds is 10. The molecule has 0 fully saturated rings. The van der Waals surface area contributed by atoms with Gasteiger partial charge >= 0.3 is 0 Å². The quantitative estimate of drug-likeness (QED) is 0.432. The Morgan fingerprint density at radius 1 is 1.04 bits per heavy atom. The smallest absolute Gasteiger partial charge is 0.289 e. The van der Waals surface area contributed by atoms with E-state index in [9.17, 15) is 4.79 Å². The van der Waals surface area contributed by atoms with Crippen LogP contribution in [-0.4, -0.2) is 40.3 Å². The zero-order chi connectivity index (χ0) is 21.8. The van der Waals surface area contributed by atoms with E-state index in [2.05, 4.69) is 54.6 Å². The number of nitrogens with zero attached hydrogens (tertiary/aromatic N) is 1. The molecular weight excluding hydrogens is 382 g/mol. The van der Waals surface area contributed by atoms with Gasteiger partial charge in [-0.3, -0.25) is 4.79 Å². The van der Waals surface area contributed by atoms with Crippen molar-refractivity contribution in [2.75, 3.05) is 13.1 Å². The van der Waals surface area contributed by atoms with Gasteiger partial charge in [-0.2, -0.15) is 0 Å². The van der Waals surface area contributed by atoms with Crippen LogP contribution in [0.1, 0.15) is 71.5 Å². The van der Waals surface area contributed by atoms with Gasteiger partial charge in [0.25, 0.3) is 5.91 Å². The topological polar surface area (TPSA) is 42.7 Å². The van der Waals surface area contributed by atoms with Crippen LogP contribution in [0.3, 0.4) is 0 Å². The lowest BCUT2D eigenvalue weighted by Crippen LogP contribution is -2.50. The molecule has 1 amide bonds. The van der Waals surface area contributed by atoms with Crippen LogP contribution in [0, 0.1) is 0 Å². The first-order valence-corrected chi connectivity index (χ1v) is 16.5. The monoisotopic (exact) mass is 425 g/mol. The Bertz CT molecular complexity index is 630. The molecule has 0 saturated carbocycles. The van der Waals surface area contributed by atoms with Gasteiger partial charge in [-0.15, -0.1) is 0 Å². The average Bonchev–Trinajstić information content (AvgIpc) is 3.08. The molecule has 0 saturated heterocycles. The first-order chi connectivity index (χ1) is 12.9. The summed E-state index contributed by atoms with van der Waals surface area (Å²) in [5.74, 6) is 0.458. The highest BCUT2D eigenvalue weighted by Crippen LogP contribution is 2.37. The minimum absolute atomic E-state index is 0.0128. The van der Waals surface area contributed by atoms with Crippen LogP contribution in [0.4, 0.5) is 0 Å². The molecule has 0 atom stereocenters. The van der Waals surface area contributed by atoms with Crippen LogP contribution in [0.25, 0.3) is 0 Å². The van der Waals surface area contributed by atoms with Gasteiger partial charge in [0.15, 0.2) is 14.1 Å². The molecule has 0 unspecified atom stereocenters. The first-order valence-electron chi connectivity index (χ1n) is 11.0. The predicted octanol–water partition coefficient (Wildman–Crippen LogP) is 6.00. The molecule has 0 aliphatic rings. The fourth-order valence-corrected chi connectivity index (χ4v) is 8.03. The highest BCUT2D eigenvalue weighted by molar-refractivity contribution is 6.91. The highest BCUT2D eigenvalue weighted by atomic mass is 28.4. The van der Waals surface area contributed by atoms with E-state index in [1.165, 1.54) is 0 Å². The summed E-state index contributed by atoms with van der Waals surface area (Å²) in [6.45, 7) is 24.2. The summed E-state index contributed by atoms with van der Waals surface area (Å²) in [7, 11) is -3.64. The van der Waals surface area contributed by atoms with Crippen molar-refractivity contribution in [3.8, 4) is 0 Å². The number of furan rings is 1. The van der Waals surface area contributed by atoms with E-state index in [4.69, 9.17) is 8.84 Å². The van der Waals surface area contributed by atoms with Crippen LogP contribution in [0.2, 0.25) is 36.3 Å². The summed E-state index contributed by atoms with van der Waals surface area (Å²) in [5, 5.41) is 1.16. The van der Waals surface area contributed by atoms with Crippen molar-refractivity contribution in [1.82, 2.24) is 4.90 Å². The van der Waals surface area contributed by atoms with Crippen molar-refractivity contribution in [1.29, 1.82) is 0 Å². The van der Waals surface area contributed by atoms with Gasteiger partial charge in [-0.1, -0.05) is 54.6 Å². The Hall–Kier alpha value is -0.856. The molecule has 1 aromatic rings. The van der Waals surface area contributed by atoms with Gasteiger partial charge < -0.3 is 13.7 Å². The molecule has 1 rings (SSSR count). The molecular formula is C22H43NO3Si2. The zero-order valence-electron chi connectivity index (χ0n) is 20.0. The summed E-state index contributed by atoms with van der Waals surface area (Å²) in [4.78, 5) is 14.8. The number of carbonyl (C=O) groups is 1. The molecule has 0 N–H and O–H groups in total. The van der Waals surface area contributed by atoms with Gasteiger partial charge in [-0.25, -0.2) is 0 Å². The Morgan fingerprint density at radius 3 is 1.93 bits per heavy atom. The van der Waals surface area contributed by atoms with Crippen LogP contribution in [0.5, 0.6) is 0 Å². The fraction of sp³-hybridized carbons (Fsp3) is 0.773. The number of hydrogen-bond acceptors (Lipinski definition) is 3. The predicted molar refractivity (Wildman–Crippen MR) is 125 cm³/mol. The second kappa shape index (κ2) is 9.76. The van der Waals surface area contributed by atoms with Gasteiger partial charge in [0, 0.05) is 18.7 Å². The summed E-state index contributed by atoms with van der Waals surface area (Å²) >= 11 is 0. The largest absolute Gasteiger partial charge is 0.461 e. The Kier molecular flexibility index (Phi) is 8.78. The minimum atomic E-state index is -1.93. The zero-order valence-corrected chi connectivity index (χ0v) is 22.0. The summed E-state index contributed by atoms with van der Waals surface area (Å²) in [6.07, 6.45) is 0. The maximum Gasteiger partial charge on any atom is 0.289 e. The molecule has 0 bridgehead atoms. The first kappa shape index (κ1) is 25.2. The van der Waals surface area contributed by atoms with Crippen LogP contribution < -0.4 is 5.38 Å². The molecule has 4 nitrogen and oxygen atoms in total. The molecule has 1 heterocycles. The van der Waals surface area contributed by atoms with Gasteiger partial charge in [0.2, 0.25) is 0 Å². The van der Waals surface area contributed by atoms with Crippen molar-refractivity contribution < 1.29 is 13.6 Å². The Balaban J connectivity index is 3.38. The number of amides is 1. The fourth-order valence-electron chi connectivity index (χ4n) is 3.46. The van der Waals surface area contributed by atoms with Crippen LogP contribution in [0.15, 0.2) is 10.5 Å². The third-order valence-electron chi connectivity index (χ3n) is 6.98. The summed E-state index contributed by atoms with van der Waals surface area (Å²) < 4.78 is 12.9. The molecule has 0 spiro atoms. The third-order valence-corrected chi connectivity index (χ3v) is 16.9. The summed E-state index contributed by atoms with van der Waals surface area (Å²) in [5.41, 5.74) is 1.09. The molecule has 0 aliphatic heterocycles. The van der Waals surface area contributed by atoms with Crippen molar-refractivity contribution in [3.05, 3.63) is 17.4 Å². The van der Waals surface area contributed by atoms with E-state index < -0.39 is 16.4 Å². The maximum atomic E-state index is 12.9. The Labute approximate surface area is 175 Å². The van der Waals surface area contributed by atoms with E-state index in [-0.39, 0.29) is 10.9 Å². The van der Waals surface area contributed by atoms with Gasteiger partial charge in [-0.05, 0) is 43.1 Å². The molecule has 6 heteroatoms. The molecule has 1 aromatic heterocycles. The van der Waals surface area contributed by atoms with E-state index in [1.807, 2.05) is 24.8 Å². The minimum Gasteiger partial charge on any atom is -0.461 e. The lowest BCUT2D eigenvalue weighted by Gasteiger charge is -2.36. The van der Waals surface area contributed by atoms with E-state index >= 15 is 0 Å². The molecule has 28 heavy (non-hydrogen) atoms. The second-order valence-corrected chi connectivity index (χ2v) is 19.3. The van der Waals surface area contributed by atoms with Gasteiger partial charge in [0.1, 0.15) is 8.07 Å². The van der Waals surface area contributed by atoms with E-state index in [0.717, 1.165) is 29.1 Å². The maximum absolute atomic E-state index is 12.9. The molecule has 0 aromatic carbocycles. The van der Waals surface area contributed by atoms with Crippen LogP contribution >= 0.6 is 0 Å². The Morgan fingerprint density at radius 2 is 1.54 bits per heavy atom. The second-order valence-electron chi connectivity index (χ2n) is 9.35. The standard InChI is InChI=1S/C22H43NO3Si2/c1-11-23(12-2)20(24)19-16-18(17-25-28(13-3,14-4)15-5)21(26-19)27(9,10)22(6,7)8/h16H,11-15,17H2,1-10H3. The van der Waals surface area contributed by atoms with Gasteiger partial charge in [0.05, 0.1) is 12.0 Å². The lowest BCUT2D eigenvalue weighted by atomic mass is 10.2. The highest BCUT2D eigenvalue weighted by Gasteiger charge is 2.43. The number of carbonyl (C=O) groups excluding carboxylic acids is 1. The summed E-state index contributed by atoms with van der Waals surface area (Å²) in [6, 6.07) is 5.34. The molecule has 162 valence electrons. The SMILES string of the molecule is CCN(CC)C(=O)c1cc(CO[Si](CC)(CC)CC)c([Si](C)(C)C(C)(C)C)o1. The molecule has 0 aliphatic carbocycles. The van der Waals surface area contributed by atoms with Crippen LogP contribution in [-0.2, 0) is 11.0 Å². The normalized spacial score (nSPS) is 13.1. The number of hydrogen-bond donors (Lipinski definition) is 0. The van der Waals surface area contributed by atoms with Crippen molar-refractivity contribution >= 4 is 27.7 Å².